The highest BCUT2D eigenvalue weighted by atomic mass is 16.5. The van der Waals surface area contributed by atoms with Gasteiger partial charge in [-0.3, -0.25) is 9.59 Å². The molecule has 8 heteroatoms. The lowest BCUT2D eigenvalue weighted by atomic mass is 9.83. The number of hydrogen-bond acceptors (Lipinski definition) is 8. The number of ketones is 1. The number of Topliss-reactive ketones (excluding diaryl/α,β-unsaturated/α-hetero) is 1. The van der Waals surface area contributed by atoms with Gasteiger partial charge in [-0.1, -0.05) is 36.4 Å². The normalized spacial score (nSPS) is 19.0. The van der Waals surface area contributed by atoms with Crippen LogP contribution in [0.1, 0.15) is 90.4 Å². The first-order valence-electron chi connectivity index (χ1n) is 15.6. The second-order valence-electron chi connectivity index (χ2n) is 11.5. The van der Waals surface area contributed by atoms with E-state index in [1.54, 1.807) is 13.2 Å². The number of cyclic esters (lactones) is 1. The van der Waals surface area contributed by atoms with E-state index in [0.29, 0.717) is 72.6 Å². The fourth-order valence-corrected chi connectivity index (χ4v) is 5.87. The van der Waals surface area contributed by atoms with Crippen LogP contribution in [0.5, 0.6) is 23.0 Å². The number of allylic oxidation sites excluding steroid dienone is 1. The molecule has 8 nitrogen and oxygen atoms in total. The van der Waals surface area contributed by atoms with Crippen LogP contribution in [0.15, 0.2) is 60.7 Å². The number of hydrogen-bond donors (Lipinski definition) is 0. The highest BCUT2D eigenvalue weighted by Crippen LogP contribution is 2.47. The van der Waals surface area contributed by atoms with Crippen LogP contribution in [0.2, 0.25) is 0 Å². The van der Waals surface area contributed by atoms with Crippen molar-refractivity contribution < 1.29 is 38.1 Å². The Hall–Kier alpha value is -4.59. The van der Waals surface area contributed by atoms with Gasteiger partial charge in [0.2, 0.25) is 0 Å². The van der Waals surface area contributed by atoms with E-state index in [4.69, 9.17) is 23.7 Å². The lowest BCUT2D eigenvalue weighted by molar-refractivity contribution is -0.135. The summed E-state index contributed by atoms with van der Waals surface area (Å²) in [4.78, 5) is 38.7. The van der Waals surface area contributed by atoms with Crippen molar-refractivity contribution in [2.75, 3.05) is 20.8 Å². The summed E-state index contributed by atoms with van der Waals surface area (Å²) in [6.07, 6.45) is 7.86. The molecule has 2 aliphatic rings. The van der Waals surface area contributed by atoms with Gasteiger partial charge in [-0.05, 0) is 79.6 Å². The van der Waals surface area contributed by atoms with Crippen LogP contribution >= 0.6 is 0 Å². The van der Waals surface area contributed by atoms with Crippen LogP contribution in [0.3, 0.4) is 0 Å². The van der Waals surface area contributed by atoms with E-state index in [1.165, 1.54) is 7.11 Å². The molecule has 45 heavy (non-hydrogen) atoms. The second-order valence-corrected chi connectivity index (χ2v) is 11.5. The first kappa shape index (κ1) is 31.8. The number of methoxy groups -OCH3 is 2. The predicted octanol–water partition coefficient (Wildman–Crippen LogP) is 7.25. The van der Waals surface area contributed by atoms with E-state index in [9.17, 15) is 14.4 Å². The summed E-state index contributed by atoms with van der Waals surface area (Å²) in [5, 5.41) is 0. The van der Waals surface area contributed by atoms with Gasteiger partial charge in [0.15, 0.2) is 0 Å². The van der Waals surface area contributed by atoms with Gasteiger partial charge in [-0.15, -0.1) is 0 Å². The molecule has 0 fully saturated rings. The van der Waals surface area contributed by atoms with Crippen LogP contribution in [-0.4, -0.2) is 44.7 Å². The first-order valence-corrected chi connectivity index (χ1v) is 15.6. The molecular formula is C37H40O8. The van der Waals surface area contributed by atoms with Gasteiger partial charge in [0.1, 0.15) is 34.3 Å². The zero-order valence-electron chi connectivity index (χ0n) is 26.1. The number of ether oxygens (including phenoxy) is 5. The highest BCUT2D eigenvalue weighted by molar-refractivity contribution is 5.99. The molecule has 0 saturated carbocycles. The number of benzene rings is 3. The van der Waals surface area contributed by atoms with E-state index in [0.717, 1.165) is 29.7 Å². The van der Waals surface area contributed by atoms with Crippen molar-refractivity contribution in [3.63, 3.8) is 0 Å². The van der Waals surface area contributed by atoms with Crippen LogP contribution < -0.4 is 18.9 Å². The molecule has 0 radical (unpaired) electrons. The number of esters is 2. The lowest BCUT2D eigenvalue weighted by Gasteiger charge is -2.29. The van der Waals surface area contributed by atoms with Crippen LogP contribution in [-0.2, 0) is 20.7 Å². The van der Waals surface area contributed by atoms with Gasteiger partial charge < -0.3 is 23.7 Å². The SMILES string of the molecule is COc1ccc(CCOc2ccc(C3CC(=O)Oc4cc5c(c(OC)c43)C(=O)OC(C)CCCC(=O)CCCC=C5)cc2)cc1. The van der Waals surface area contributed by atoms with E-state index in [1.807, 2.05) is 67.6 Å². The average molecular weight is 613 g/mol. The van der Waals surface area contributed by atoms with Crippen LogP contribution in [0.25, 0.3) is 6.08 Å². The molecule has 0 aliphatic carbocycles. The van der Waals surface area contributed by atoms with E-state index >= 15 is 0 Å². The summed E-state index contributed by atoms with van der Waals surface area (Å²) in [5.74, 6) is 1.17. The standard InChI is InChI=1S/C37H40O8/c1-24-8-7-11-28(38)10-6-4-5-9-27-22-32-35(36(42-3)34(27)37(40)44-24)31(23-33(39)45-32)26-14-18-30(19-15-26)43-21-20-25-12-16-29(41-2)17-13-25/h5,9,12-19,22,24,31H,4,6-8,10-11,20-21,23H2,1-3H3. The highest BCUT2D eigenvalue weighted by Gasteiger charge is 2.36. The summed E-state index contributed by atoms with van der Waals surface area (Å²) in [6, 6.07) is 17.3. The van der Waals surface area contributed by atoms with E-state index in [2.05, 4.69) is 0 Å². The number of rotatable bonds is 7. The van der Waals surface area contributed by atoms with Crippen molar-refractivity contribution in [3.05, 3.63) is 88.5 Å². The zero-order chi connectivity index (χ0) is 31.8. The predicted molar refractivity (Wildman–Crippen MR) is 170 cm³/mol. The number of fused-ring (bicyclic) bond motifs is 2. The van der Waals surface area contributed by atoms with Crippen LogP contribution in [0.4, 0.5) is 0 Å². The van der Waals surface area contributed by atoms with Crippen molar-refractivity contribution in [1.29, 1.82) is 0 Å². The van der Waals surface area contributed by atoms with E-state index < -0.39 is 11.9 Å². The first-order chi connectivity index (χ1) is 21.9. The van der Waals surface area contributed by atoms with Gasteiger partial charge in [0, 0.05) is 30.7 Å². The summed E-state index contributed by atoms with van der Waals surface area (Å²) in [5.41, 5.74) is 3.49. The molecule has 0 amide bonds. The fourth-order valence-electron chi connectivity index (χ4n) is 5.87. The van der Waals surface area contributed by atoms with Gasteiger partial charge in [-0.2, -0.15) is 0 Å². The molecule has 0 saturated heterocycles. The minimum absolute atomic E-state index is 0.0924. The molecule has 0 aromatic heterocycles. The van der Waals surface area contributed by atoms with Gasteiger partial charge in [-0.25, -0.2) is 4.79 Å². The Morgan fingerprint density at radius 2 is 1.62 bits per heavy atom. The largest absolute Gasteiger partial charge is 0.497 e. The third kappa shape index (κ3) is 7.93. The molecule has 0 bridgehead atoms. The molecule has 2 aliphatic heterocycles. The maximum Gasteiger partial charge on any atom is 0.342 e. The average Bonchev–Trinajstić information content (AvgIpc) is 3.03. The Kier molecular flexibility index (Phi) is 10.6. The molecule has 3 aromatic rings. The molecule has 2 unspecified atom stereocenters. The minimum Gasteiger partial charge on any atom is -0.497 e. The molecule has 2 heterocycles. The van der Waals surface area contributed by atoms with Crippen molar-refractivity contribution in [1.82, 2.24) is 0 Å². The quantitative estimate of drug-likeness (QED) is 0.203. The topological polar surface area (TPSA) is 97.4 Å². The summed E-state index contributed by atoms with van der Waals surface area (Å²) in [6.45, 7) is 2.34. The Morgan fingerprint density at radius 3 is 2.36 bits per heavy atom. The Labute approximate surface area is 264 Å². The third-order valence-corrected chi connectivity index (χ3v) is 8.26. The van der Waals surface area contributed by atoms with Crippen molar-refractivity contribution in [2.24, 2.45) is 0 Å². The monoisotopic (exact) mass is 612 g/mol. The molecule has 0 N–H and O–H groups in total. The molecule has 3 aromatic carbocycles. The van der Waals surface area contributed by atoms with E-state index in [-0.39, 0.29) is 24.3 Å². The van der Waals surface area contributed by atoms with Gasteiger partial charge in [0.05, 0.1) is 33.4 Å². The Bertz CT molecular complexity index is 1540. The maximum absolute atomic E-state index is 13.7. The van der Waals surface area contributed by atoms with Gasteiger partial charge >= 0.3 is 11.9 Å². The summed E-state index contributed by atoms with van der Waals surface area (Å²) >= 11 is 0. The molecular weight excluding hydrogens is 572 g/mol. The Balaban J connectivity index is 1.42. The fraction of sp³-hybridized carbons (Fsp3) is 0.378. The zero-order valence-corrected chi connectivity index (χ0v) is 26.1. The minimum atomic E-state index is -0.513. The number of carbonyl (C=O) groups is 3. The summed E-state index contributed by atoms with van der Waals surface area (Å²) < 4.78 is 28.7. The summed E-state index contributed by atoms with van der Waals surface area (Å²) in [7, 11) is 3.16. The maximum atomic E-state index is 13.7. The van der Waals surface area contributed by atoms with Crippen molar-refractivity contribution in [2.45, 2.75) is 70.3 Å². The molecule has 2 atom stereocenters. The van der Waals surface area contributed by atoms with Crippen molar-refractivity contribution in [3.8, 4) is 23.0 Å². The smallest absolute Gasteiger partial charge is 0.342 e. The van der Waals surface area contributed by atoms with Gasteiger partial charge in [0.25, 0.3) is 0 Å². The molecule has 236 valence electrons. The van der Waals surface area contributed by atoms with Crippen molar-refractivity contribution >= 4 is 23.8 Å². The second kappa shape index (κ2) is 14.9. The Morgan fingerprint density at radius 1 is 0.889 bits per heavy atom. The molecule has 5 rings (SSSR count). The van der Waals surface area contributed by atoms with Crippen LogP contribution in [0, 0.1) is 0 Å². The number of carbonyl (C=O) groups excluding carboxylic acids is 3. The lowest BCUT2D eigenvalue weighted by Crippen LogP contribution is -2.24. The molecule has 0 spiro atoms. The third-order valence-electron chi connectivity index (χ3n) is 8.26.